The summed E-state index contributed by atoms with van der Waals surface area (Å²) in [6.07, 6.45) is 3.86. The molecule has 8 nitrogen and oxygen atoms in total. The smallest absolute Gasteiger partial charge is 0.263 e. The molecule has 0 saturated heterocycles. The van der Waals surface area contributed by atoms with Gasteiger partial charge in [-0.3, -0.25) is 9.71 Å². The van der Waals surface area contributed by atoms with Crippen LogP contribution in [0.3, 0.4) is 0 Å². The van der Waals surface area contributed by atoms with Gasteiger partial charge < -0.3 is 9.47 Å². The van der Waals surface area contributed by atoms with Gasteiger partial charge in [-0.2, -0.15) is 0 Å². The van der Waals surface area contributed by atoms with Gasteiger partial charge in [0, 0.05) is 24.6 Å². The van der Waals surface area contributed by atoms with Crippen molar-refractivity contribution in [2.45, 2.75) is 9.79 Å². The van der Waals surface area contributed by atoms with Gasteiger partial charge in [0.15, 0.2) is 21.3 Å². The Morgan fingerprint density at radius 2 is 1.63 bits per heavy atom. The normalized spacial score (nSPS) is 11.7. The summed E-state index contributed by atoms with van der Waals surface area (Å²) < 4.78 is 62.9. The molecule has 0 unspecified atom stereocenters. The Morgan fingerprint density at radius 3 is 2.27 bits per heavy atom. The number of halogens is 1. The van der Waals surface area contributed by atoms with E-state index in [0.29, 0.717) is 16.5 Å². The number of sulfone groups is 1. The van der Waals surface area contributed by atoms with E-state index < -0.39 is 19.9 Å². The molecule has 0 aliphatic heterocycles. The van der Waals surface area contributed by atoms with Crippen molar-refractivity contribution in [3.63, 3.8) is 0 Å². The third kappa shape index (κ3) is 5.02. The third-order valence-electron chi connectivity index (χ3n) is 3.86. The molecule has 1 heterocycles. The molecule has 3 rings (SSSR count). The predicted molar refractivity (Wildman–Crippen MR) is 113 cm³/mol. The lowest BCUT2D eigenvalue weighted by Crippen LogP contribution is -2.16. The van der Waals surface area contributed by atoms with Crippen molar-refractivity contribution in [2.75, 3.05) is 18.1 Å². The quantitative estimate of drug-likeness (QED) is 0.562. The van der Waals surface area contributed by atoms with Crippen molar-refractivity contribution in [3.8, 4) is 17.2 Å². The third-order valence-corrected chi connectivity index (χ3v) is 6.79. The average molecular weight is 469 g/mol. The van der Waals surface area contributed by atoms with Crippen LogP contribution < -0.4 is 14.2 Å². The van der Waals surface area contributed by atoms with Crippen molar-refractivity contribution in [1.29, 1.82) is 0 Å². The molecule has 1 N–H and O–H groups in total. The summed E-state index contributed by atoms with van der Waals surface area (Å²) >= 11 is 5.89. The molecule has 1 aromatic heterocycles. The number of methoxy groups -OCH3 is 1. The van der Waals surface area contributed by atoms with Crippen LogP contribution in [0.4, 0.5) is 5.69 Å². The highest BCUT2D eigenvalue weighted by Gasteiger charge is 2.24. The predicted octanol–water partition coefficient (Wildman–Crippen LogP) is 3.74. The summed E-state index contributed by atoms with van der Waals surface area (Å²) in [6, 6.07) is 11.3. The second-order valence-corrected chi connectivity index (χ2v) is 10.2. The van der Waals surface area contributed by atoms with Gasteiger partial charge in [-0.1, -0.05) is 23.7 Å². The van der Waals surface area contributed by atoms with E-state index in [4.69, 9.17) is 21.1 Å². The Morgan fingerprint density at radius 1 is 0.933 bits per heavy atom. The first-order valence-electron chi connectivity index (χ1n) is 8.38. The molecule has 0 fully saturated rings. The largest absolute Gasteiger partial charge is 0.493 e. The molecular formula is C19H17ClN2O6S2. The highest BCUT2D eigenvalue weighted by atomic mass is 35.5. The molecule has 0 radical (unpaired) electrons. The lowest BCUT2D eigenvalue weighted by molar-refractivity contribution is 0.378. The number of ether oxygens (including phenoxy) is 2. The van der Waals surface area contributed by atoms with E-state index in [1.807, 2.05) is 0 Å². The summed E-state index contributed by atoms with van der Waals surface area (Å²) in [5.74, 6) is 0.920. The van der Waals surface area contributed by atoms with Crippen molar-refractivity contribution in [1.82, 2.24) is 4.98 Å². The topological polar surface area (TPSA) is 112 Å². The second kappa shape index (κ2) is 8.50. The Kier molecular flexibility index (Phi) is 6.20. The molecule has 0 atom stereocenters. The molecule has 11 heteroatoms. The molecule has 0 aliphatic rings. The first-order valence-corrected chi connectivity index (χ1v) is 12.1. The standard InChI is InChI=1S/C19H17ClN2O6S2/c1-27-17-10-14(7-8-16(17)28-15-9-13(20)11-21-12-15)22-30(25,26)19-6-4-3-5-18(19)29(2,23)24/h3-12,22H,1-2H3. The van der Waals surface area contributed by atoms with Crippen molar-refractivity contribution in [2.24, 2.45) is 0 Å². The zero-order valence-electron chi connectivity index (χ0n) is 15.9. The summed E-state index contributed by atoms with van der Waals surface area (Å²) in [7, 11) is -6.53. The van der Waals surface area contributed by atoms with Gasteiger partial charge in [-0.05, 0) is 24.3 Å². The fourth-order valence-electron chi connectivity index (χ4n) is 2.58. The molecule has 2 aromatic carbocycles. The molecular weight excluding hydrogens is 452 g/mol. The van der Waals surface area contributed by atoms with Crippen LogP contribution in [0.1, 0.15) is 0 Å². The van der Waals surface area contributed by atoms with Crippen LogP contribution in [-0.2, 0) is 19.9 Å². The fourth-order valence-corrected chi connectivity index (χ4v) is 5.42. The highest BCUT2D eigenvalue weighted by molar-refractivity contribution is 7.95. The first kappa shape index (κ1) is 21.9. The molecule has 30 heavy (non-hydrogen) atoms. The van der Waals surface area contributed by atoms with Crippen LogP contribution in [0.15, 0.2) is 70.7 Å². The van der Waals surface area contributed by atoms with Crippen molar-refractivity contribution < 1.29 is 26.3 Å². The maximum atomic E-state index is 12.8. The van der Waals surface area contributed by atoms with Gasteiger partial charge in [0.25, 0.3) is 10.0 Å². The molecule has 158 valence electrons. The lowest BCUT2D eigenvalue weighted by atomic mass is 10.3. The van der Waals surface area contributed by atoms with E-state index in [1.54, 1.807) is 6.07 Å². The van der Waals surface area contributed by atoms with E-state index in [0.717, 1.165) is 6.26 Å². The van der Waals surface area contributed by atoms with E-state index in [9.17, 15) is 16.8 Å². The molecule has 3 aromatic rings. The Bertz CT molecular complexity index is 1290. The first-order chi connectivity index (χ1) is 14.1. The number of nitrogens with one attached hydrogen (secondary N) is 1. The number of nitrogens with zero attached hydrogens (tertiary/aromatic N) is 1. The number of anilines is 1. The van der Waals surface area contributed by atoms with Crippen LogP contribution in [0, 0.1) is 0 Å². The monoisotopic (exact) mass is 468 g/mol. The van der Waals surface area contributed by atoms with Crippen LogP contribution in [-0.4, -0.2) is 35.2 Å². The molecule has 0 bridgehead atoms. The number of aromatic nitrogens is 1. The Hall–Kier alpha value is -2.82. The number of rotatable bonds is 7. The zero-order valence-corrected chi connectivity index (χ0v) is 18.3. The SMILES string of the molecule is COc1cc(NS(=O)(=O)c2ccccc2S(C)(=O)=O)ccc1Oc1cncc(Cl)c1. The van der Waals surface area contributed by atoms with Crippen LogP contribution >= 0.6 is 11.6 Å². The number of pyridine rings is 1. The lowest BCUT2D eigenvalue weighted by Gasteiger charge is -2.14. The summed E-state index contributed by atoms with van der Waals surface area (Å²) in [4.78, 5) is 3.28. The maximum Gasteiger partial charge on any atom is 0.263 e. The number of hydrogen-bond donors (Lipinski definition) is 1. The molecule has 0 aliphatic carbocycles. The molecule has 0 amide bonds. The van der Waals surface area contributed by atoms with Gasteiger partial charge >= 0.3 is 0 Å². The van der Waals surface area contributed by atoms with Crippen LogP contribution in [0.5, 0.6) is 17.2 Å². The summed E-state index contributed by atoms with van der Waals surface area (Å²) in [5.41, 5.74) is 0.159. The Labute approximate surface area is 179 Å². The van der Waals surface area contributed by atoms with Crippen molar-refractivity contribution in [3.05, 3.63) is 65.9 Å². The van der Waals surface area contributed by atoms with Gasteiger partial charge in [0.05, 0.1) is 28.9 Å². The fraction of sp³-hybridized carbons (Fsp3) is 0.105. The van der Waals surface area contributed by atoms with Gasteiger partial charge in [-0.15, -0.1) is 0 Å². The van der Waals surface area contributed by atoms with Gasteiger partial charge in [0.1, 0.15) is 10.6 Å². The number of benzene rings is 2. The molecule has 0 spiro atoms. The summed E-state index contributed by atoms with van der Waals surface area (Å²) in [5, 5.41) is 0.389. The zero-order chi connectivity index (χ0) is 21.9. The maximum absolute atomic E-state index is 12.8. The minimum Gasteiger partial charge on any atom is -0.493 e. The minimum atomic E-state index is -4.18. The Balaban J connectivity index is 1.92. The van der Waals surface area contributed by atoms with Gasteiger partial charge in [0.2, 0.25) is 0 Å². The van der Waals surface area contributed by atoms with E-state index in [2.05, 4.69) is 9.71 Å². The van der Waals surface area contributed by atoms with E-state index in [-0.39, 0.29) is 21.2 Å². The number of hydrogen-bond acceptors (Lipinski definition) is 7. The van der Waals surface area contributed by atoms with Gasteiger partial charge in [-0.25, -0.2) is 16.8 Å². The highest BCUT2D eigenvalue weighted by Crippen LogP contribution is 2.35. The van der Waals surface area contributed by atoms with E-state index in [1.165, 1.54) is 62.0 Å². The minimum absolute atomic E-state index is 0.159. The second-order valence-electron chi connectivity index (χ2n) is 6.13. The van der Waals surface area contributed by atoms with E-state index >= 15 is 0 Å². The summed E-state index contributed by atoms with van der Waals surface area (Å²) in [6.45, 7) is 0. The van der Waals surface area contributed by atoms with Crippen molar-refractivity contribution >= 4 is 37.1 Å². The molecule has 0 saturated carbocycles. The average Bonchev–Trinajstić information content (AvgIpc) is 2.68. The number of sulfonamides is 1. The van der Waals surface area contributed by atoms with Crippen LogP contribution in [0.2, 0.25) is 5.02 Å². The van der Waals surface area contributed by atoms with Crippen LogP contribution in [0.25, 0.3) is 0 Å².